The lowest BCUT2D eigenvalue weighted by Crippen LogP contribution is -2.39. The van der Waals surface area contributed by atoms with E-state index in [-0.39, 0.29) is 18.8 Å². The number of nitrogens with zero attached hydrogens (tertiary/aromatic N) is 2. The van der Waals surface area contributed by atoms with Crippen molar-refractivity contribution in [3.8, 4) is 18.1 Å². The number of aromatic nitrogens is 1. The van der Waals surface area contributed by atoms with Crippen LogP contribution in [0, 0.1) is 12.3 Å². The fourth-order valence-electron chi connectivity index (χ4n) is 4.15. The predicted octanol–water partition coefficient (Wildman–Crippen LogP) is 4.77. The minimum Gasteiger partial charge on any atom is -0.480 e. The molecule has 0 radical (unpaired) electrons. The number of hydrogen-bond acceptors (Lipinski definition) is 7. The topological polar surface area (TPSA) is 69.9 Å². The Morgan fingerprint density at radius 2 is 2.03 bits per heavy atom. The normalized spacial score (nSPS) is 15.0. The zero-order valence-electron chi connectivity index (χ0n) is 20.2. The summed E-state index contributed by atoms with van der Waals surface area (Å²) in [7, 11) is 0. The molecule has 1 atom stereocenters. The molecule has 2 aromatic carbocycles. The van der Waals surface area contributed by atoms with Gasteiger partial charge in [0.15, 0.2) is 4.80 Å². The first kappa shape index (κ1) is 25.9. The van der Waals surface area contributed by atoms with Crippen LogP contribution in [0.15, 0.2) is 85.9 Å². The average Bonchev–Trinajstić information content (AvgIpc) is 3.56. The number of halogens is 1. The van der Waals surface area contributed by atoms with Gasteiger partial charge in [-0.2, -0.15) is 0 Å². The number of thiophene rings is 1. The van der Waals surface area contributed by atoms with Crippen molar-refractivity contribution < 1.29 is 14.3 Å². The summed E-state index contributed by atoms with van der Waals surface area (Å²) < 4.78 is 13.8. The zero-order valence-corrected chi connectivity index (χ0v) is 23.4. The van der Waals surface area contributed by atoms with E-state index in [0.717, 1.165) is 20.5 Å². The molecular weight excluding hydrogens is 584 g/mol. The summed E-state index contributed by atoms with van der Waals surface area (Å²) >= 11 is 6.26. The molecular formula is C29H21BrN2O4S2. The number of esters is 1. The lowest BCUT2D eigenvalue weighted by molar-refractivity contribution is -0.138. The number of benzene rings is 2. The minimum absolute atomic E-state index is 0.159. The lowest BCUT2D eigenvalue weighted by atomic mass is 9.97. The molecule has 1 aliphatic rings. The molecule has 0 unspecified atom stereocenters. The Balaban J connectivity index is 1.72. The van der Waals surface area contributed by atoms with Crippen molar-refractivity contribution in [2.45, 2.75) is 13.0 Å². The standard InChI is InChI=1S/C29H21BrN2O4S2/c1-3-14-36-21-13-12-18(16-20(21)30)17-23-27(33)32-26(22-11-8-15-37-22)24(28(34)35-4-2)25(31-29(32)38-23)19-9-6-5-7-10-19/h1,5-13,15-17,26H,4,14H2,2H3/b23-17-/t26-/m1/s1. The van der Waals surface area contributed by atoms with Crippen LogP contribution < -0.4 is 19.6 Å². The monoisotopic (exact) mass is 604 g/mol. The Labute approximate surface area is 235 Å². The van der Waals surface area contributed by atoms with E-state index < -0.39 is 12.0 Å². The molecule has 0 fully saturated rings. The van der Waals surface area contributed by atoms with Crippen LogP contribution in [-0.2, 0) is 9.53 Å². The minimum atomic E-state index is -0.658. The van der Waals surface area contributed by atoms with Gasteiger partial charge in [0.1, 0.15) is 18.4 Å². The van der Waals surface area contributed by atoms with Crippen molar-refractivity contribution in [3.63, 3.8) is 0 Å². The van der Waals surface area contributed by atoms with Gasteiger partial charge in [0.05, 0.1) is 26.9 Å². The third-order valence-corrected chi connectivity index (χ3v) is 8.28. The first-order valence-corrected chi connectivity index (χ1v) is 14.2. The molecule has 3 heterocycles. The van der Waals surface area contributed by atoms with Crippen LogP contribution in [-0.4, -0.2) is 23.8 Å². The van der Waals surface area contributed by atoms with E-state index in [1.807, 2.05) is 60.0 Å². The first-order valence-electron chi connectivity index (χ1n) is 11.7. The highest BCUT2D eigenvalue weighted by Crippen LogP contribution is 2.36. The summed E-state index contributed by atoms with van der Waals surface area (Å²) in [6.45, 7) is 2.13. The molecule has 6 nitrogen and oxygen atoms in total. The molecule has 9 heteroatoms. The van der Waals surface area contributed by atoms with E-state index >= 15 is 0 Å². The summed E-state index contributed by atoms with van der Waals surface area (Å²) in [5.74, 6) is 2.57. The number of fused-ring (bicyclic) bond motifs is 1. The highest BCUT2D eigenvalue weighted by molar-refractivity contribution is 9.10. The van der Waals surface area contributed by atoms with E-state index in [1.54, 1.807) is 23.6 Å². The Bertz CT molecular complexity index is 1750. The predicted molar refractivity (Wildman–Crippen MR) is 154 cm³/mol. The number of carbonyl (C=O) groups excluding carboxylic acids is 1. The van der Waals surface area contributed by atoms with Crippen molar-refractivity contribution in [2.24, 2.45) is 4.99 Å². The SMILES string of the molecule is C#CCOc1ccc(/C=c2\sc3n(c2=O)[C@H](c2cccs2)C(C(=O)OCC)=C(c2ccccc2)N=3)cc1Br. The molecule has 5 rings (SSSR count). The lowest BCUT2D eigenvalue weighted by Gasteiger charge is -2.24. The fraction of sp³-hybridized carbons (Fsp3) is 0.138. The molecule has 4 aromatic rings. The van der Waals surface area contributed by atoms with Crippen LogP contribution >= 0.6 is 38.6 Å². The fourth-order valence-corrected chi connectivity index (χ4v) is 6.49. The Morgan fingerprint density at radius 3 is 2.71 bits per heavy atom. The quantitative estimate of drug-likeness (QED) is 0.225. The summed E-state index contributed by atoms with van der Waals surface area (Å²) in [6, 6.07) is 18.2. The number of hydrogen-bond donors (Lipinski definition) is 0. The molecule has 0 amide bonds. The highest BCUT2D eigenvalue weighted by atomic mass is 79.9. The van der Waals surface area contributed by atoms with E-state index in [0.29, 0.717) is 26.4 Å². The van der Waals surface area contributed by atoms with Gasteiger partial charge >= 0.3 is 5.97 Å². The largest absolute Gasteiger partial charge is 0.480 e. The number of rotatable bonds is 7. The molecule has 0 N–H and O–H groups in total. The van der Waals surface area contributed by atoms with Crippen LogP contribution in [0.4, 0.5) is 0 Å². The van der Waals surface area contributed by atoms with Crippen LogP contribution in [0.2, 0.25) is 0 Å². The molecule has 190 valence electrons. The number of terminal acetylenes is 1. The van der Waals surface area contributed by atoms with Crippen molar-refractivity contribution in [2.75, 3.05) is 13.2 Å². The highest BCUT2D eigenvalue weighted by Gasteiger charge is 2.35. The van der Waals surface area contributed by atoms with Crippen LogP contribution in [0.25, 0.3) is 11.8 Å². The maximum atomic E-state index is 13.8. The third-order valence-electron chi connectivity index (χ3n) is 5.75. The maximum Gasteiger partial charge on any atom is 0.338 e. The van der Waals surface area contributed by atoms with Crippen LogP contribution in [0.1, 0.15) is 29.0 Å². The van der Waals surface area contributed by atoms with Crippen LogP contribution in [0.5, 0.6) is 5.75 Å². The van der Waals surface area contributed by atoms with E-state index in [9.17, 15) is 9.59 Å². The molecule has 0 bridgehead atoms. The molecule has 38 heavy (non-hydrogen) atoms. The van der Waals surface area contributed by atoms with Gasteiger partial charge in [-0.1, -0.05) is 59.7 Å². The van der Waals surface area contributed by atoms with Crippen molar-refractivity contribution >= 4 is 56.3 Å². The maximum absolute atomic E-state index is 13.8. The summed E-state index contributed by atoms with van der Waals surface area (Å²) in [6.07, 6.45) is 7.10. The summed E-state index contributed by atoms with van der Waals surface area (Å²) in [5.41, 5.74) is 2.20. The number of carbonyl (C=O) groups is 1. The van der Waals surface area contributed by atoms with Gasteiger partial charge in [0.2, 0.25) is 0 Å². The van der Waals surface area contributed by atoms with Gasteiger partial charge in [-0.05, 0) is 58.1 Å². The Kier molecular flexibility index (Phi) is 7.74. The Morgan fingerprint density at radius 1 is 1.21 bits per heavy atom. The molecule has 2 aromatic heterocycles. The summed E-state index contributed by atoms with van der Waals surface area (Å²) in [5, 5.41) is 1.93. The van der Waals surface area contributed by atoms with Gasteiger partial charge in [-0.25, -0.2) is 9.79 Å². The van der Waals surface area contributed by atoms with Crippen molar-refractivity contribution in [1.82, 2.24) is 4.57 Å². The second-order valence-electron chi connectivity index (χ2n) is 8.13. The van der Waals surface area contributed by atoms with Crippen LogP contribution in [0.3, 0.4) is 0 Å². The van der Waals surface area contributed by atoms with E-state index in [4.69, 9.17) is 20.9 Å². The first-order chi connectivity index (χ1) is 18.5. The molecule has 0 saturated heterocycles. The zero-order chi connectivity index (χ0) is 26.6. The van der Waals surface area contributed by atoms with Gasteiger partial charge in [0, 0.05) is 10.4 Å². The van der Waals surface area contributed by atoms with E-state index in [1.165, 1.54) is 22.7 Å². The molecule has 0 saturated carbocycles. The molecule has 0 aliphatic carbocycles. The van der Waals surface area contributed by atoms with Crippen molar-refractivity contribution in [3.05, 3.63) is 112 Å². The second kappa shape index (κ2) is 11.4. The van der Waals surface area contributed by atoms with Crippen molar-refractivity contribution in [1.29, 1.82) is 0 Å². The van der Waals surface area contributed by atoms with E-state index in [2.05, 4.69) is 21.9 Å². The van der Waals surface area contributed by atoms with Gasteiger partial charge < -0.3 is 9.47 Å². The van der Waals surface area contributed by atoms with Gasteiger partial charge in [-0.15, -0.1) is 17.8 Å². The van der Waals surface area contributed by atoms with Gasteiger partial charge in [-0.3, -0.25) is 9.36 Å². The smallest absolute Gasteiger partial charge is 0.338 e. The average molecular weight is 606 g/mol. The Hall–Kier alpha value is -3.71. The molecule has 1 aliphatic heterocycles. The third kappa shape index (κ3) is 5.03. The number of ether oxygens (including phenoxy) is 2. The number of thiazole rings is 1. The molecule has 0 spiro atoms. The van der Waals surface area contributed by atoms with Gasteiger partial charge in [0.25, 0.3) is 5.56 Å². The summed E-state index contributed by atoms with van der Waals surface area (Å²) in [4.78, 5) is 33.4. The second-order valence-corrected chi connectivity index (χ2v) is 11.0.